The molecule has 124 valence electrons. The molecule has 0 aliphatic carbocycles. The van der Waals surface area contributed by atoms with Crippen LogP contribution in [0.1, 0.15) is 38.2 Å². The van der Waals surface area contributed by atoms with E-state index in [2.05, 4.69) is 5.32 Å². The Morgan fingerprint density at radius 1 is 1.09 bits per heavy atom. The van der Waals surface area contributed by atoms with E-state index in [1.165, 1.54) is 6.92 Å². The molecule has 5 heteroatoms. The van der Waals surface area contributed by atoms with Crippen LogP contribution in [-0.4, -0.2) is 41.6 Å². The van der Waals surface area contributed by atoms with Crippen molar-refractivity contribution < 1.29 is 14.4 Å². The molecule has 1 aromatic rings. The first-order chi connectivity index (χ1) is 11.0. The van der Waals surface area contributed by atoms with E-state index >= 15 is 0 Å². The molecule has 1 fully saturated rings. The summed E-state index contributed by atoms with van der Waals surface area (Å²) in [7, 11) is 0. The van der Waals surface area contributed by atoms with Gasteiger partial charge < -0.3 is 15.0 Å². The van der Waals surface area contributed by atoms with Crippen molar-refractivity contribution in [1.82, 2.24) is 10.2 Å². The molecule has 0 spiro atoms. The van der Waals surface area contributed by atoms with Crippen molar-refractivity contribution in [3.63, 3.8) is 0 Å². The minimum absolute atomic E-state index is 0.0255. The van der Waals surface area contributed by atoms with Crippen LogP contribution in [-0.2, 0) is 20.8 Å². The lowest BCUT2D eigenvalue weighted by atomic mass is 10.0. The molecule has 0 radical (unpaired) electrons. The zero-order valence-electron chi connectivity index (χ0n) is 13.6. The van der Waals surface area contributed by atoms with Crippen molar-refractivity contribution >= 4 is 17.6 Å². The van der Waals surface area contributed by atoms with E-state index in [1.807, 2.05) is 30.3 Å². The smallest absolute Gasteiger partial charge is 0.224 e. The Labute approximate surface area is 137 Å². The van der Waals surface area contributed by atoms with Gasteiger partial charge in [-0.3, -0.25) is 9.59 Å². The van der Waals surface area contributed by atoms with E-state index in [-0.39, 0.29) is 23.6 Å². The highest BCUT2D eigenvalue weighted by molar-refractivity contribution is 5.83. The van der Waals surface area contributed by atoms with E-state index in [0.29, 0.717) is 32.4 Å². The molecule has 2 rings (SSSR count). The molecule has 1 aromatic carbocycles. The van der Waals surface area contributed by atoms with Gasteiger partial charge in [0.25, 0.3) is 0 Å². The molecular formula is C18H24N2O3. The van der Waals surface area contributed by atoms with Crippen LogP contribution >= 0.6 is 0 Å². The van der Waals surface area contributed by atoms with Crippen LogP contribution in [0.15, 0.2) is 30.3 Å². The minimum atomic E-state index is 0.0255. The molecule has 0 saturated carbocycles. The summed E-state index contributed by atoms with van der Waals surface area (Å²) < 4.78 is 0. The second-order valence-electron chi connectivity index (χ2n) is 6.09. The van der Waals surface area contributed by atoms with Crippen LogP contribution in [0.5, 0.6) is 0 Å². The number of Topliss-reactive ketones (excluding diaryl/α,β-unsaturated/α-hetero) is 1. The fraction of sp³-hybridized carbons (Fsp3) is 0.500. The number of nitrogens with zero attached hydrogens (tertiary/aromatic N) is 1. The summed E-state index contributed by atoms with van der Waals surface area (Å²) >= 11 is 0. The van der Waals surface area contributed by atoms with Gasteiger partial charge in [0, 0.05) is 32.0 Å². The average Bonchev–Trinajstić information content (AvgIpc) is 2.54. The Bertz CT molecular complexity index is 549. The van der Waals surface area contributed by atoms with Gasteiger partial charge in [-0.05, 0) is 25.3 Å². The molecule has 1 saturated heterocycles. The third kappa shape index (κ3) is 5.85. The molecule has 0 unspecified atom stereocenters. The number of benzene rings is 1. The first-order valence-corrected chi connectivity index (χ1v) is 8.15. The van der Waals surface area contributed by atoms with E-state index in [9.17, 15) is 14.4 Å². The van der Waals surface area contributed by atoms with Crippen LogP contribution in [0.2, 0.25) is 0 Å². The number of likely N-dealkylation sites (tertiary alicyclic amines) is 1. The number of nitrogens with one attached hydrogen (secondary N) is 1. The summed E-state index contributed by atoms with van der Waals surface area (Å²) in [6.07, 6.45) is 2.53. The van der Waals surface area contributed by atoms with Crippen molar-refractivity contribution in [2.24, 2.45) is 0 Å². The van der Waals surface area contributed by atoms with Crippen molar-refractivity contribution in [3.8, 4) is 0 Å². The van der Waals surface area contributed by atoms with E-state index < -0.39 is 0 Å². The third-order valence-corrected chi connectivity index (χ3v) is 4.11. The van der Waals surface area contributed by atoms with Crippen molar-refractivity contribution in [1.29, 1.82) is 0 Å². The van der Waals surface area contributed by atoms with Crippen LogP contribution < -0.4 is 5.32 Å². The van der Waals surface area contributed by atoms with Crippen LogP contribution in [0.4, 0.5) is 0 Å². The van der Waals surface area contributed by atoms with Gasteiger partial charge in [0.05, 0.1) is 6.42 Å². The van der Waals surface area contributed by atoms with Crippen LogP contribution in [0.3, 0.4) is 0 Å². The molecule has 5 nitrogen and oxygen atoms in total. The number of piperidine rings is 1. The maximum Gasteiger partial charge on any atom is 0.224 e. The molecule has 0 aromatic heterocycles. The quantitative estimate of drug-likeness (QED) is 0.869. The second-order valence-corrected chi connectivity index (χ2v) is 6.09. The highest BCUT2D eigenvalue weighted by Crippen LogP contribution is 2.12. The zero-order valence-corrected chi connectivity index (χ0v) is 13.6. The van der Waals surface area contributed by atoms with Gasteiger partial charge in [0.2, 0.25) is 11.8 Å². The standard InChI is InChI=1S/C18H24N2O3/c1-14(21)7-8-18(23)20-11-9-16(10-12-20)19-17(22)13-15-5-3-2-4-6-15/h2-6,16H,7-13H2,1H3,(H,19,22). The number of carbonyl (C=O) groups is 3. The number of carbonyl (C=O) groups excluding carboxylic acids is 3. The summed E-state index contributed by atoms with van der Waals surface area (Å²) in [6.45, 7) is 2.79. The zero-order chi connectivity index (χ0) is 16.7. The molecule has 1 N–H and O–H groups in total. The predicted octanol–water partition coefficient (Wildman–Crippen LogP) is 1.71. The Balaban J connectivity index is 1.71. The molecule has 2 amide bonds. The van der Waals surface area contributed by atoms with Gasteiger partial charge in [0.15, 0.2) is 0 Å². The molecule has 0 bridgehead atoms. The van der Waals surface area contributed by atoms with E-state index in [0.717, 1.165) is 18.4 Å². The number of hydrogen-bond acceptors (Lipinski definition) is 3. The first kappa shape index (κ1) is 17.2. The summed E-state index contributed by atoms with van der Waals surface area (Å²) in [5.41, 5.74) is 1.00. The SMILES string of the molecule is CC(=O)CCC(=O)N1CCC(NC(=O)Cc2ccccc2)CC1. The van der Waals surface area contributed by atoms with Gasteiger partial charge in [-0.1, -0.05) is 30.3 Å². The fourth-order valence-electron chi connectivity index (χ4n) is 2.77. The Hall–Kier alpha value is -2.17. The highest BCUT2D eigenvalue weighted by atomic mass is 16.2. The molecule has 1 aliphatic rings. The molecule has 0 atom stereocenters. The summed E-state index contributed by atoms with van der Waals surface area (Å²) in [6, 6.07) is 9.79. The lowest BCUT2D eigenvalue weighted by molar-refractivity contribution is -0.134. The van der Waals surface area contributed by atoms with E-state index in [4.69, 9.17) is 0 Å². The second kappa shape index (κ2) is 8.46. The Kier molecular flexibility index (Phi) is 6.32. The highest BCUT2D eigenvalue weighted by Gasteiger charge is 2.23. The minimum Gasteiger partial charge on any atom is -0.353 e. The predicted molar refractivity (Wildman–Crippen MR) is 87.8 cm³/mol. The topological polar surface area (TPSA) is 66.5 Å². The van der Waals surface area contributed by atoms with Gasteiger partial charge in [-0.15, -0.1) is 0 Å². The number of hydrogen-bond donors (Lipinski definition) is 1. The monoisotopic (exact) mass is 316 g/mol. The molecule has 1 aliphatic heterocycles. The lowest BCUT2D eigenvalue weighted by Crippen LogP contribution is -2.46. The molecular weight excluding hydrogens is 292 g/mol. The van der Waals surface area contributed by atoms with Crippen molar-refractivity contribution in [2.75, 3.05) is 13.1 Å². The lowest BCUT2D eigenvalue weighted by Gasteiger charge is -2.32. The molecule has 23 heavy (non-hydrogen) atoms. The van der Waals surface area contributed by atoms with E-state index in [1.54, 1.807) is 4.90 Å². The Morgan fingerprint density at radius 3 is 2.35 bits per heavy atom. The van der Waals surface area contributed by atoms with Gasteiger partial charge in [-0.2, -0.15) is 0 Å². The number of amides is 2. The maximum atomic E-state index is 12.0. The molecule has 1 heterocycles. The number of ketones is 1. The Morgan fingerprint density at radius 2 is 1.74 bits per heavy atom. The fourth-order valence-corrected chi connectivity index (χ4v) is 2.77. The van der Waals surface area contributed by atoms with Crippen molar-refractivity contribution in [2.45, 2.75) is 45.1 Å². The summed E-state index contributed by atoms with van der Waals surface area (Å²) in [5.74, 6) is 0.105. The van der Waals surface area contributed by atoms with Gasteiger partial charge in [-0.25, -0.2) is 0 Å². The third-order valence-electron chi connectivity index (χ3n) is 4.11. The number of rotatable bonds is 6. The van der Waals surface area contributed by atoms with Crippen LogP contribution in [0.25, 0.3) is 0 Å². The van der Waals surface area contributed by atoms with Crippen LogP contribution in [0, 0.1) is 0 Å². The normalized spacial score (nSPS) is 15.3. The van der Waals surface area contributed by atoms with Gasteiger partial charge >= 0.3 is 0 Å². The van der Waals surface area contributed by atoms with Gasteiger partial charge in [0.1, 0.15) is 5.78 Å². The largest absolute Gasteiger partial charge is 0.353 e. The first-order valence-electron chi connectivity index (χ1n) is 8.15. The summed E-state index contributed by atoms with van der Waals surface area (Å²) in [5, 5.41) is 3.05. The average molecular weight is 316 g/mol. The summed E-state index contributed by atoms with van der Waals surface area (Å²) in [4.78, 5) is 36.7. The van der Waals surface area contributed by atoms with Crippen molar-refractivity contribution in [3.05, 3.63) is 35.9 Å². The maximum absolute atomic E-state index is 12.0.